The minimum Gasteiger partial charge on any atom is -0.310 e. The lowest BCUT2D eigenvalue weighted by Gasteiger charge is -2.29. The van der Waals surface area contributed by atoms with Crippen molar-refractivity contribution in [1.29, 1.82) is 0 Å². The van der Waals surface area contributed by atoms with Crippen LogP contribution in [0.15, 0.2) is 18.2 Å². The first kappa shape index (κ1) is 13.2. The molecule has 1 N–H and O–H groups in total. The minimum atomic E-state index is -4.78. The van der Waals surface area contributed by atoms with Gasteiger partial charge >= 0.3 is 12.4 Å². The molecule has 7 heteroatoms. The Labute approximate surface area is 98.8 Å². The summed E-state index contributed by atoms with van der Waals surface area (Å²) < 4.78 is 75.2. The molecular weight excluding hydrogens is 260 g/mol. The van der Waals surface area contributed by atoms with Crippen LogP contribution in [-0.4, -0.2) is 6.54 Å². The highest BCUT2D eigenvalue weighted by atomic mass is 19.4. The lowest BCUT2D eigenvalue weighted by atomic mass is 9.94. The Morgan fingerprint density at radius 1 is 0.889 bits per heavy atom. The van der Waals surface area contributed by atoms with Crippen LogP contribution in [0.4, 0.5) is 26.3 Å². The summed E-state index contributed by atoms with van der Waals surface area (Å²) in [5.41, 5.74) is -2.49. The van der Waals surface area contributed by atoms with Gasteiger partial charge in [0.2, 0.25) is 0 Å². The van der Waals surface area contributed by atoms with Gasteiger partial charge in [-0.2, -0.15) is 26.3 Å². The molecule has 0 radical (unpaired) electrons. The molecule has 0 unspecified atom stereocenters. The van der Waals surface area contributed by atoms with Gasteiger partial charge in [-0.05, 0) is 36.7 Å². The number of halogens is 6. The fourth-order valence-electron chi connectivity index (χ4n) is 1.75. The van der Waals surface area contributed by atoms with Gasteiger partial charge in [-0.15, -0.1) is 0 Å². The quantitative estimate of drug-likeness (QED) is 0.765. The molecule has 1 aromatic rings. The standard InChI is InChI=1S/C11H9F6N/c12-10(13,14)7-3-6(9-1-2-18-9)4-8(5-7)11(15,16)17/h3-5,9,18H,1-2H2/t9-/m0/s1. The number of alkyl halides is 6. The minimum absolute atomic E-state index is 0.0309. The summed E-state index contributed by atoms with van der Waals surface area (Å²) in [7, 11) is 0. The number of benzene rings is 1. The molecule has 1 heterocycles. The Bertz CT molecular complexity index is 412. The fourth-order valence-corrected chi connectivity index (χ4v) is 1.75. The Morgan fingerprint density at radius 3 is 1.61 bits per heavy atom. The molecule has 1 aromatic carbocycles. The van der Waals surface area contributed by atoms with Gasteiger partial charge in [-0.3, -0.25) is 0 Å². The van der Waals surface area contributed by atoms with E-state index in [9.17, 15) is 26.3 Å². The van der Waals surface area contributed by atoms with Gasteiger partial charge in [0.15, 0.2) is 0 Å². The van der Waals surface area contributed by atoms with Gasteiger partial charge < -0.3 is 5.32 Å². The van der Waals surface area contributed by atoms with E-state index < -0.39 is 29.5 Å². The maximum absolute atomic E-state index is 12.5. The van der Waals surface area contributed by atoms with Gasteiger partial charge in [-0.25, -0.2) is 0 Å². The van der Waals surface area contributed by atoms with Crippen molar-refractivity contribution in [2.75, 3.05) is 6.54 Å². The first-order valence-corrected chi connectivity index (χ1v) is 5.21. The molecule has 18 heavy (non-hydrogen) atoms. The fraction of sp³-hybridized carbons (Fsp3) is 0.455. The lowest BCUT2D eigenvalue weighted by Crippen LogP contribution is -2.35. The Hall–Kier alpha value is -1.24. The SMILES string of the molecule is FC(F)(F)c1cc([C@@H]2CCN2)cc(C(F)(F)F)c1. The summed E-state index contributed by atoms with van der Waals surface area (Å²) in [6.45, 7) is 0.599. The third-order valence-electron chi connectivity index (χ3n) is 2.84. The van der Waals surface area contributed by atoms with Gasteiger partial charge in [0.05, 0.1) is 11.1 Å². The highest BCUT2D eigenvalue weighted by Crippen LogP contribution is 2.38. The summed E-state index contributed by atoms with van der Waals surface area (Å²) >= 11 is 0. The van der Waals surface area contributed by atoms with Crippen LogP contribution in [0.1, 0.15) is 29.2 Å². The normalized spacial score (nSPS) is 20.7. The van der Waals surface area contributed by atoms with Crippen molar-refractivity contribution in [2.24, 2.45) is 0 Å². The third kappa shape index (κ3) is 2.60. The molecule has 1 fully saturated rings. The van der Waals surface area contributed by atoms with E-state index in [4.69, 9.17) is 0 Å². The monoisotopic (exact) mass is 269 g/mol. The highest BCUT2D eigenvalue weighted by Gasteiger charge is 2.37. The first-order valence-electron chi connectivity index (χ1n) is 5.21. The molecule has 2 rings (SSSR count). The largest absolute Gasteiger partial charge is 0.416 e. The second-order valence-corrected chi connectivity index (χ2v) is 4.13. The molecule has 100 valence electrons. The highest BCUT2D eigenvalue weighted by molar-refractivity contribution is 5.35. The summed E-state index contributed by atoms with van der Waals surface area (Å²) in [5.74, 6) is 0. The molecule has 0 aromatic heterocycles. The molecule has 0 bridgehead atoms. The summed E-state index contributed by atoms with van der Waals surface area (Å²) in [6.07, 6.45) is -9.02. The van der Waals surface area contributed by atoms with E-state index in [2.05, 4.69) is 5.32 Å². The van der Waals surface area contributed by atoms with Crippen molar-refractivity contribution in [3.63, 3.8) is 0 Å². The van der Waals surface area contributed by atoms with E-state index in [1.165, 1.54) is 0 Å². The average Bonchev–Trinajstić information content (AvgIpc) is 2.11. The summed E-state index contributed by atoms with van der Waals surface area (Å²) in [4.78, 5) is 0. The van der Waals surface area contributed by atoms with E-state index in [1.807, 2.05) is 0 Å². The van der Waals surface area contributed by atoms with E-state index in [0.717, 1.165) is 12.1 Å². The second kappa shape index (κ2) is 4.15. The van der Waals surface area contributed by atoms with E-state index in [0.29, 0.717) is 13.0 Å². The van der Waals surface area contributed by atoms with Crippen LogP contribution >= 0.6 is 0 Å². The summed E-state index contributed by atoms with van der Waals surface area (Å²) in [5, 5.41) is 2.78. The van der Waals surface area contributed by atoms with Crippen LogP contribution in [0.5, 0.6) is 0 Å². The van der Waals surface area contributed by atoms with E-state index >= 15 is 0 Å². The second-order valence-electron chi connectivity index (χ2n) is 4.13. The van der Waals surface area contributed by atoms with Crippen molar-refractivity contribution < 1.29 is 26.3 Å². The Balaban J connectivity index is 2.48. The third-order valence-corrected chi connectivity index (χ3v) is 2.84. The predicted molar refractivity (Wildman–Crippen MR) is 51.8 cm³/mol. The van der Waals surface area contributed by atoms with Gasteiger partial charge in [0.25, 0.3) is 0 Å². The van der Waals surface area contributed by atoms with E-state index in [1.54, 1.807) is 0 Å². The zero-order valence-corrected chi connectivity index (χ0v) is 8.99. The molecule has 1 saturated heterocycles. The number of hydrogen-bond acceptors (Lipinski definition) is 1. The van der Waals surface area contributed by atoms with Crippen molar-refractivity contribution in [3.8, 4) is 0 Å². The zero-order valence-electron chi connectivity index (χ0n) is 8.99. The van der Waals surface area contributed by atoms with Crippen LogP contribution in [0.3, 0.4) is 0 Å². The van der Waals surface area contributed by atoms with Crippen LogP contribution in [-0.2, 0) is 12.4 Å². The van der Waals surface area contributed by atoms with Crippen LogP contribution < -0.4 is 5.32 Å². The topological polar surface area (TPSA) is 12.0 Å². The zero-order chi connectivity index (χ0) is 13.6. The van der Waals surface area contributed by atoms with Crippen molar-refractivity contribution >= 4 is 0 Å². The Kier molecular flexibility index (Phi) is 3.04. The molecule has 0 spiro atoms. The maximum atomic E-state index is 12.5. The van der Waals surface area contributed by atoms with Gasteiger partial charge in [-0.1, -0.05) is 0 Å². The van der Waals surface area contributed by atoms with Gasteiger partial charge in [0, 0.05) is 6.04 Å². The molecule has 1 nitrogen and oxygen atoms in total. The molecule has 0 saturated carbocycles. The van der Waals surface area contributed by atoms with Crippen LogP contribution in [0.25, 0.3) is 0 Å². The summed E-state index contributed by atoms with van der Waals surface area (Å²) in [6, 6.07) is 1.26. The van der Waals surface area contributed by atoms with Gasteiger partial charge in [0.1, 0.15) is 0 Å². The van der Waals surface area contributed by atoms with E-state index in [-0.39, 0.29) is 11.6 Å². The number of nitrogens with one attached hydrogen (secondary N) is 1. The first-order chi connectivity index (χ1) is 8.18. The predicted octanol–water partition coefficient (Wildman–Crippen LogP) is 3.76. The molecule has 1 aliphatic rings. The van der Waals surface area contributed by atoms with Crippen molar-refractivity contribution in [1.82, 2.24) is 5.32 Å². The number of hydrogen-bond donors (Lipinski definition) is 1. The van der Waals surface area contributed by atoms with Crippen LogP contribution in [0.2, 0.25) is 0 Å². The molecular formula is C11H9F6N. The smallest absolute Gasteiger partial charge is 0.310 e. The van der Waals surface area contributed by atoms with Crippen LogP contribution in [0, 0.1) is 0 Å². The molecule has 0 amide bonds. The number of rotatable bonds is 1. The molecule has 1 aliphatic heterocycles. The maximum Gasteiger partial charge on any atom is 0.416 e. The van der Waals surface area contributed by atoms with Crippen molar-refractivity contribution in [2.45, 2.75) is 24.8 Å². The molecule has 0 aliphatic carbocycles. The Morgan fingerprint density at radius 2 is 1.33 bits per heavy atom. The van der Waals surface area contributed by atoms with Crippen molar-refractivity contribution in [3.05, 3.63) is 34.9 Å². The molecule has 1 atom stereocenters. The lowest BCUT2D eigenvalue weighted by molar-refractivity contribution is -0.143. The average molecular weight is 269 g/mol.